The molecular formula is C11H11N5O3. The maximum absolute atomic E-state index is 11.7. The van der Waals surface area contributed by atoms with E-state index in [0.717, 1.165) is 0 Å². The summed E-state index contributed by atoms with van der Waals surface area (Å²) in [5, 5.41) is 22.1. The first-order valence-electron chi connectivity index (χ1n) is 5.45. The number of carboxylic acids is 1. The van der Waals surface area contributed by atoms with Crippen molar-refractivity contribution >= 4 is 17.6 Å². The Kier molecular flexibility index (Phi) is 3.51. The number of anilines is 1. The molecule has 0 radical (unpaired) electrons. The van der Waals surface area contributed by atoms with E-state index < -0.39 is 17.8 Å². The molecule has 2 rings (SSSR count). The van der Waals surface area contributed by atoms with Gasteiger partial charge >= 0.3 is 5.97 Å². The van der Waals surface area contributed by atoms with Crippen LogP contribution in [0.25, 0.3) is 5.69 Å². The molecule has 19 heavy (non-hydrogen) atoms. The Labute approximate surface area is 108 Å². The van der Waals surface area contributed by atoms with E-state index in [-0.39, 0.29) is 0 Å². The van der Waals surface area contributed by atoms with Gasteiger partial charge in [0, 0.05) is 0 Å². The number of aliphatic carboxylic acids is 1. The standard InChI is InChI=1S/C11H11N5O3/c1-7(11(18)19)10(17)13-8-4-2-3-5-9(8)16-6-12-14-15-16/h2-7H,1H3,(H,13,17)(H,18,19). The highest BCUT2D eigenvalue weighted by Crippen LogP contribution is 2.19. The molecule has 0 spiro atoms. The van der Waals surface area contributed by atoms with Crippen molar-refractivity contribution in [3.8, 4) is 5.69 Å². The van der Waals surface area contributed by atoms with Gasteiger partial charge in [0.05, 0.1) is 11.4 Å². The lowest BCUT2D eigenvalue weighted by Gasteiger charge is -2.11. The van der Waals surface area contributed by atoms with Crippen LogP contribution >= 0.6 is 0 Å². The fourth-order valence-electron chi connectivity index (χ4n) is 1.40. The van der Waals surface area contributed by atoms with E-state index in [4.69, 9.17) is 5.11 Å². The van der Waals surface area contributed by atoms with Crippen molar-refractivity contribution in [1.29, 1.82) is 0 Å². The van der Waals surface area contributed by atoms with Gasteiger partial charge < -0.3 is 10.4 Å². The number of rotatable bonds is 4. The molecule has 8 heteroatoms. The molecule has 0 saturated heterocycles. The van der Waals surface area contributed by atoms with Gasteiger partial charge in [-0.1, -0.05) is 12.1 Å². The minimum Gasteiger partial charge on any atom is -0.481 e. The summed E-state index contributed by atoms with van der Waals surface area (Å²) < 4.78 is 1.38. The van der Waals surface area contributed by atoms with Crippen LogP contribution in [0.1, 0.15) is 6.92 Å². The molecule has 0 fully saturated rings. The van der Waals surface area contributed by atoms with E-state index in [9.17, 15) is 9.59 Å². The second-order valence-electron chi connectivity index (χ2n) is 3.82. The van der Waals surface area contributed by atoms with Crippen molar-refractivity contribution in [3.63, 3.8) is 0 Å². The lowest BCUT2D eigenvalue weighted by Crippen LogP contribution is -2.27. The molecule has 8 nitrogen and oxygen atoms in total. The summed E-state index contributed by atoms with van der Waals surface area (Å²) >= 11 is 0. The number of nitrogens with one attached hydrogen (secondary N) is 1. The molecule has 1 aromatic carbocycles. The van der Waals surface area contributed by atoms with Crippen LogP contribution in [0.2, 0.25) is 0 Å². The second kappa shape index (κ2) is 5.25. The van der Waals surface area contributed by atoms with Crippen LogP contribution in [0.15, 0.2) is 30.6 Å². The Morgan fingerprint density at radius 3 is 2.74 bits per heavy atom. The third-order valence-corrected chi connectivity index (χ3v) is 2.52. The largest absolute Gasteiger partial charge is 0.481 e. The number of hydrogen-bond donors (Lipinski definition) is 2. The maximum atomic E-state index is 11.7. The second-order valence-corrected chi connectivity index (χ2v) is 3.82. The fraction of sp³-hybridized carbons (Fsp3) is 0.182. The topological polar surface area (TPSA) is 110 Å². The minimum atomic E-state index is -1.18. The minimum absolute atomic E-state index is 0.438. The number of para-hydroxylation sites is 2. The van der Waals surface area contributed by atoms with Crippen LogP contribution in [-0.2, 0) is 9.59 Å². The molecule has 0 aliphatic heterocycles. The first kappa shape index (κ1) is 12.7. The van der Waals surface area contributed by atoms with Crippen molar-refractivity contribution in [1.82, 2.24) is 20.2 Å². The van der Waals surface area contributed by atoms with Gasteiger partial charge in [0.25, 0.3) is 0 Å². The molecule has 1 aromatic heterocycles. The fourth-order valence-corrected chi connectivity index (χ4v) is 1.40. The molecule has 1 atom stereocenters. The molecule has 0 saturated carbocycles. The average Bonchev–Trinajstić information content (AvgIpc) is 2.92. The van der Waals surface area contributed by atoms with Gasteiger partial charge in [0.1, 0.15) is 12.2 Å². The number of amides is 1. The summed E-state index contributed by atoms with van der Waals surface area (Å²) in [6.45, 7) is 1.32. The van der Waals surface area contributed by atoms with E-state index in [1.807, 2.05) is 0 Å². The van der Waals surface area contributed by atoms with E-state index in [1.165, 1.54) is 17.9 Å². The number of tetrazole rings is 1. The van der Waals surface area contributed by atoms with Crippen molar-refractivity contribution in [2.24, 2.45) is 5.92 Å². The van der Waals surface area contributed by atoms with Crippen LogP contribution in [0.5, 0.6) is 0 Å². The highest BCUT2D eigenvalue weighted by atomic mass is 16.4. The van der Waals surface area contributed by atoms with Gasteiger partial charge in [0.15, 0.2) is 0 Å². The van der Waals surface area contributed by atoms with Gasteiger partial charge in [-0.05, 0) is 29.5 Å². The molecule has 2 N–H and O–H groups in total. The van der Waals surface area contributed by atoms with Crippen LogP contribution in [-0.4, -0.2) is 37.2 Å². The lowest BCUT2D eigenvalue weighted by atomic mass is 10.1. The first-order chi connectivity index (χ1) is 9.09. The van der Waals surface area contributed by atoms with Gasteiger partial charge in [-0.15, -0.1) is 5.10 Å². The Morgan fingerprint density at radius 2 is 2.11 bits per heavy atom. The van der Waals surface area contributed by atoms with Gasteiger partial charge in [-0.3, -0.25) is 9.59 Å². The Bertz CT molecular complexity index is 596. The zero-order valence-electron chi connectivity index (χ0n) is 10.0. The summed E-state index contributed by atoms with van der Waals surface area (Å²) in [7, 11) is 0. The first-order valence-corrected chi connectivity index (χ1v) is 5.45. The number of carboxylic acid groups (broad SMARTS) is 1. The van der Waals surface area contributed by atoms with E-state index in [0.29, 0.717) is 11.4 Å². The van der Waals surface area contributed by atoms with Crippen LogP contribution < -0.4 is 5.32 Å². The SMILES string of the molecule is CC(C(=O)O)C(=O)Nc1ccccc1-n1cnnn1. The van der Waals surface area contributed by atoms with Crippen LogP contribution in [0, 0.1) is 5.92 Å². The number of aromatic nitrogens is 4. The molecule has 98 valence electrons. The van der Waals surface area contributed by atoms with Crippen molar-refractivity contribution < 1.29 is 14.7 Å². The molecule has 1 heterocycles. The summed E-state index contributed by atoms with van der Waals surface area (Å²) in [5.41, 5.74) is 0.992. The highest BCUT2D eigenvalue weighted by molar-refractivity contribution is 6.04. The van der Waals surface area contributed by atoms with Crippen molar-refractivity contribution in [3.05, 3.63) is 30.6 Å². The summed E-state index contributed by atoms with van der Waals surface area (Å²) in [6, 6.07) is 6.82. The van der Waals surface area contributed by atoms with Crippen molar-refractivity contribution in [2.45, 2.75) is 6.92 Å². The molecule has 2 aromatic rings. The average molecular weight is 261 g/mol. The quantitative estimate of drug-likeness (QED) is 0.767. The summed E-state index contributed by atoms with van der Waals surface area (Å²) in [5.74, 6) is -2.92. The molecule has 1 unspecified atom stereocenters. The summed E-state index contributed by atoms with van der Waals surface area (Å²) in [4.78, 5) is 22.5. The molecule has 0 aliphatic rings. The smallest absolute Gasteiger partial charge is 0.315 e. The number of carbonyl (C=O) groups excluding carboxylic acids is 1. The van der Waals surface area contributed by atoms with Crippen LogP contribution in [0.4, 0.5) is 5.69 Å². The molecule has 0 aliphatic carbocycles. The third-order valence-electron chi connectivity index (χ3n) is 2.52. The van der Waals surface area contributed by atoms with E-state index in [1.54, 1.807) is 24.3 Å². The number of benzene rings is 1. The zero-order valence-corrected chi connectivity index (χ0v) is 10.0. The normalized spacial score (nSPS) is 11.8. The van der Waals surface area contributed by atoms with E-state index >= 15 is 0 Å². The number of nitrogens with zero attached hydrogens (tertiary/aromatic N) is 4. The van der Waals surface area contributed by atoms with Gasteiger partial charge in [0.2, 0.25) is 5.91 Å². The lowest BCUT2D eigenvalue weighted by molar-refractivity contribution is -0.144. The maximum Gasteiger partial charge on any atom is 0.315 e. The molecule has 1 amide bonds. The third kappa shape index (κ3) is 2.73. The Morgan fingerprint density at radius 1 is 1.37 bits per heavy atom. The Hall–Kier alpha value is -2.77. The number of carbonyl (C=O) groups is 2. The highest BCUT2D eigenvalue weighted by Gasteiger charge is 2.21. The predicted octanol–water partition coefficient (Wildman–Crippen LogP) is 0.321. The number of hydrogen-bond acceptors (Lipinski definition) is 5. The van der Waals surface area contributed by atoms with Crippen LogP contribution in [0.3, 0.4) is 0 Å². The van der Waals surface area contributed by atoms with Gasteiger partial charge in [-0.2, -0.15) is 4.68 Å². The summed E-state index contributed by atoms with van der Waals surface area (Å²) in [6.07, 6.45) is 1.38. The molecule has 0 bridgehead atoms. The predicted molar refractivity (Wildman–Crippen MR) is 64.6 cm³/mol. The van der Waals surface area contributed by atoms with E-state index in [2.05, 4.69) is 20.8 Å². The van der Waals surface area contributed by atoms with Crippen molar-refractivity contribution in [2.75, 3.05) is 5.32 Å². The zero-order chi connectivity index (χ0) is 13.8. The Balaban J connectivity index is 2.27. The monoisotopic (exact) mass is 261 g/mol. The molecular weight excluding hydrogens is 250 g/mol. The van der Waals surface area contributed by atoms with Gasteiger partial charge in [-0.25, -0.2) is 0 Å².